The topological polar surface area (TPSA) is 173 Å². The van der Waals surface area contributed by atoms with E-state index in [1.54, 1.807) is 13.2 Å². The summed E-state index contributed by atoms with van der Waals surface area (Å²) in [6.45, 7) is 2.73. The number of fused-ring (bicyclic) bond motifs is 1. The number of likely N-dealkylation sites (N-methyl/N-ethyl adjacent to an activating group) is 1. The second-order valence-corrected chi connectivity index (χ2v) is 11.2. The van der Waals surface area contributed by atoms with Gasteiger partial charge in [0.1, 0.15) is 22.2 Å². The molecule has 0 aliphatic carbocycles. The van der Waals surface area contributed by atoms with Gasteiger partial charge in [-0.15, -0.1) is 0 Å². The Morgan fingerprint density at radius 2 is 2.16 bits per heavy atom. The molecule has 0 saturated carbocycles. The van der Waals surface area contributed by atoms with Crippen molar-refractivity contribution in [3.8, 4) is 0 Å². The molecule has 0 spiro atoms. The predicted octanol–water partition coefficient (Wildman–Crippen LogP) is -0.393. The van der Waals surface area contributed by atoms with Crippen LogP contribution in [0.3, 0.4) is 0 Å². The number of hydrogen-bond acceptors (Lipinski definition) is 12. The Bertz CT molecular complexity index is 837. The number of nitrogens with zero attached hydrogens (tertiary/aromatic N) is 2. The summed E-state index contributed by atoms with van der Waals surface area (Å²) in [6.07, 6.45) is 0.545. The van der Waals surface area contributed by atoms with Crippen LogP contribution in [0, 0.1) is 0 Å². The zero-order valence-electron chi connectivity index (χ0n) is 17.7. The highest BCUT2D eigenvalue weighted by atomic mass is 32.3. The summed E-state index contributed by atoms with van der Waals surface area (Å²) in [5.41, 5.74) is 0.531. The Kier molecular flexibility index (Phi) is 11.2. The van der Waals surface area contributed by atoms with Crippen LogP contribution in [0.2, 0.25) is 0 Å². The molecule has 0 fully saturated rings. The summed E-state index contributed by atoms with van der Waals surface area (Å²) < 4.78 is 52.7. The molecule has 4 N–H and O–H groups in total. The van der Waals surface area contributed by atoms with Gasteiger partial charge in [0, 0.05) is 44.5 Å². The lowest BCUT2D eigenvalue weighted by atomic mass is 10.1. The van der Waals surface area contributed by atoms with Gasteiger partial charge in [-0.3, -0.25) is 15.2 Å². The van der Waals surface area contributed by atoms with Gasteiger partial charge in [-0.1, -0.05) is 18.3 Å². The first-order valence-corrected chi connectivity index (χ1v) is 13.1. The first-order chi connectivity index (χ1) is 15.2. The molecular formula is C16H28N4O9S3. The van der Waals surface area contributed by atoms with Crippen LogP contribution < -0.4 is 10.0 Å². The van der Waals surface area contributed by atoms with E-state index in [0.29, 0.717) is 31.7 Å². The number of thiophene rings is 1. The fourth-order valence-electron chi connectivity index (χ4n) is 2.96. The van der Waals surface area contributed by atoms with E-state index < -0.39 is 39.3 Å². The molecular weight excluding hydrogens is 488 g/mol. The lowest BCUT2D eigenvalue weighted by molar-refractivity contribution is -0.493. The van der Waals surface area contributed by atoms with Crippen molar-refractivity contribution in [1.82, 2.24) is 19.7 Å². The zero-order valence-corrected chi connectivity index (χ0v) is 20.1. The van der Waals surface area contributed by atoms with Crippen LogP contribution in [0.15, 0.2) is 14.5 Å². The van der Waals surface area contributed by atoms with Crippen molar-refractivity contribution in [2.75, 3.05) is 53.2 Å². The van der Waals surface area contributed by atoms with Crippen LogP contribution in [0.4, 0.5) is 0 Å². The summed E-state index contributed by atoms with van der Waals surface area (Å²) in [7, 11) is -2.21. The summed E-state index contributed by atoms with van der Waals surface area (Å²) in [5.74, 6) is -0.688. The van der Waals surface area contributed by atoms with Gasteiger partial charge < -0.3 is 19.3 Å². The second kappa shape index (κ2) is 13.1. The van der Waals surface area contributed by atoms with Crippen molar-refractivity contribution < 1.29 is 42.5 Å². The number of rotatable bonds is 14. The molecule has 0 aromatic carbocycles. The molecule has 32 heavy (non-hydrogen) atoms. The molecule has 1 aliphatic heterocycles. The molecule has 0 bridgehead atoms. The van der Waals surface area contributed by atoms with Gasteiger partial charge in [0.2, 0.25) is 4.21 Å². The van der Waals surface area contributed by atoms with E-state index in [9.17, 15) is 17.8 Å². The molecule has 1 aliphatic rings. The highest BCUT2D eigenvalue weighted by molar-refractivity contribution is 7.94. The molecule has 1 aromatic heterocycles. The van der Waals surface area contributed by atoms with Crippen LogP contribution in [-0.4, -0.2) is 92.2 Å². The third-order valence-corrected chi connectivity index (χ3v) is 9.24. The van der Waals surface area contributed by atoms with Gasteiger partial charge in [0.15, 0.2) is 0 Å². The smallest absolute Gasteiger partial charge is 0.287 e. The van der Waals surface area contributed by atoms with Gasteiger partial charge in [-0.05, 0) is 13.0 Å². The zero-order chi connectivity index (χ0) is 23.7. The summed E-state index contributed by atoms with van der Waals surface area (Å²) >= 11 is -1.11. The lowest BCUT2D eigenvalue weighted by Gasteiger charge is -2.32. The fourth-order valence-corrected chi connectivity index (χ4v) is 7.54. The third kappa shape index (κ3) is 7.57. The minimum atomic E-state index is -3.76. The van der Waals surface area contributed by atoms with Crippen molar-refractivity contribution in [2.45, 2.75) is 27.8 Å². The minimum absolute atomic E-state index is 0.107. The van der Waals surface area contributed by atoms with E-state index in [1.165, 1.54) is 4.31 Å². The quantitative estimate of drug-likeness (QED) is 0.144. The highest BCUT2D eigenvalue weighted by Crippen LogP contribution is 2.40. The molecule has 0 radical (unpaired) electrons. The third-order valence-electron chi connectivity index (χ3n) is 4.30. The average molecular weight is 517 g/mol. The maximum Gasteiger partial charge on any atom is 0.287 e. The van der Waals surface area contributed by atoms with Gasteiger partial charge in [-0.25, -0.2) is 13.3 Å². The van der Waals surface area contributed by atoms with Crippen molar-refractivity contribution >= 4 is 38.6 Å². The van der Waals surface area contributed by atoms with E-state index in [2.05, 4.69) is 14.9 Å². The van der Waals surface area contributed by atoms with E-state index in [4.69, 9.17) is 19.9 Å². The Morgan fingerprint density at radius 3 is 2.81 bits per heavy atom. The molecule has 184 valence electrons. The van der Waals surface area contributed by atoms with Crippen LogP contribution in [-0.2, 0) is 40.5 Å². The Labute approximate surface area is 193 Å². The summed E-state index contributed by atoms with van der Waals surface area (Å²) in [6, 6.07) is 1.28. The van der Waals surface area contributed by atoms with E-state index in [-0.39, 0.29) is 34.2 Å². The molecule has 16 heteroatoms. The Morgan fingerprint density at radius 1 is 1.41 bits per heavy atom. The van der Waals surface area contributed by atoms with E-state index in [1.807, 2.05) is 6.92 Å². The van der Waals surface area contributed by atoms with Crippen molar-refractivity contribution in [3.05, 3.63) is 11.6 Å². The number of methoxy groups -OCH3 is 1. The minimum Gasteiger partial charge on any atom is -0.587 e. The number of carbonyl (C=O) groups excluding carboxylic acids is 1. The SMILES string of the molecule is CCN[C@H]1CN(CCCOC)S(=O)(=O)c2sc([S+]([O-])NC(=O)COCCON(O)O)cc21. The number of amides is 1. The molecule has 1 aromatic rings. The molecule has 0 saturated heterocycles. The van der Waals surface area contributed by atoms with Crippen molar-refractivity contribution in [3.63, 3.8) is 0 Å². The highest BCUT2D eigenvalue weighted by Gasteiger charge is 2.40. The monoisotopic (exact) mass is 516 g/mol. The number of sulfonamides is 1. The maximum atomic E-state index is 13.1. The largest absolute Gasteiger partial charge is 0.587 e. The first-order valence-electron chi connectivity index (χ1n) is 9.66. The lowest BCUT2D eigenvalue weighted by Crippen LogP contribution is -2.43. The summed E-state index contributed by atoms with van der Waals surface area (Å²) in [5, 5.41) is 19.5. The number of carbonyl (C=O) groups is 1. The molecule has 1 amide bonds. The second-order valence-electron chi connectivity index (χ2n) is 6.56. The van der Waals surface area contributed by atoms with Gasteiger partial charge >= 0.3 is 0 Å². The Balaban J connectivity index is 2.06. The molecule has 2 rings (SSSR count). The Hall–Kier alpha value is -0.890. The fraction of sp³-hybridized carbons (Fsp3) is 0.688. The number of hydrogen-bond donors (Lipinski definition) is 4. The van der Waals surface area contributed by atoms with Crippen LogP contribution in [0.25, 0.3) is 0 Å². The number of nitrogens with one attached hydrogen (secondary N) is 2. The molecule has 2 atom stereocenters. The van der Waals surface area contributed by atoms with Crippen LogP contribution in [0.5, 0.6) is 0 Å². The predicted molar refractivity (Wildman–Crippen MR) is 113 cm³/mol. The van der Waals surface area contributed by atoms with Crippen LogP contribution >= 0.6 is 11.3 Å². The standard InChI is InChI=1S/C16H28N4O9S3/c1-3-17-13-10-19(5-4-6-27-2)32(25,26)16-12(13)9-15(30-16)31(24)18-14(21)11-28-7-8-29-20(22)23/h9,13,17,22-23H,3-8,10-11H2,1-2H3,(H,18,21)/t13-,31?/m0/s1. The summed E-state index contributed by atoms with van der Waals surface area (Å²) in [4.78, 5) is 16.2. The van der Waals surface area contributed by atoms with Gasteiger partial charge in [-0.2, -0.15) is 9.03 Å². The normalized spacial score (nSPS) is 19.1. The van der Waals surface area contributed by atoms with Crippen molar-refractivity contribution in [2.24, 2.45) is 0 Å². The molecule has 2 heterocycles. The number of ether oxygens (including phenoxy) is 2. The van der Waals surface area contributed by atoms with Crippen LogP contribution in [0.1, 0.15) is 24.9 Å². The van der Waals surface area contributed by atoms with E-state index in [0.717, 1.165) is 11.3 Å². The van der Waals surface area contributed by atoms with E-state index >= 15 is 0 Å². The van der Waals surface area contributed by atoms with Gasteiger partial charge in [0.05, 0.1) is 18.6 Å². The van der Waals surface area contributed by atoms with Gasteiger partial charge in [0.25, 0.3) is 15.9 Å². The molecule has 1 unspecified atom stereocenters. The average Bonchev–Trinajstić information content (AvgIpc) is 3.18. The van der Waals surface area contributed by atoms with Crippen molar-refractivity contribution in [1.29, 1.82) is 0 Å². The maximum absolute atomic E-state index is 13.1. The molecule has 13 nitrogen and oxygen atoms in total. The first kappa shape index (κ1) is 27.4.